The first kappa shape index (κ1) is 12.5. The molecule has 0 bridgehead atoms. The van der Waals surface area contributed by atoms with Crippen molar-refractivity contribution in [1.82, 2.24) is 5.32 Å². The topological polar surface area (TPSA) is 25.2 Å². The van der Waals surface area contributed by atoms with Gasteiger partial charge in [0.15, 0.2) is 0 Å². The van der Waals surface area contributed by atoms with Gasteiger partial charge < -0.3 is 9.73 Å². The number of fused-ring (bicyclic) bond motifs is 1. The lowest BCUT2D eigenvalue weighted by Crippen LogP contribution is -2.14. The first-order chi connectivity index (χ1) is 8.08. The third kappa shape index (κ3) is 2.07. The van der Waals surface area contributed by atoms with E-state index in [1.54, 1.807) is 0 Å². The zero-order valence-electron chi connectivity index (χ0n) is 10.7. The van der Waals surface area contributed by atoms with Crippen molar-refractivity contribution in [3.8, 4) is 0 Å². The summed E-state index contributed by atoms with van der Waals surface area (Å²) in [6.07, 6.45) is 1.00. The first-order valence-electron chi connectivity index (χ1n) is 5.94. The van der Waals surface area contributed by atoms with Crippen LogP contribution in [0, 0.1) is 13.8 Å². The van der Waals surface area contributed by atoms with Crippen molar-refractivity contribution in [3.05, 3.63) is 34.0 Å². The Bertz CT molecular complexity index is 541. The van der Waals surface area contributed by atoms with Gasteiger partial charge in [0.2, 0.25) is 0 Å². The average Bonchev–Trinajstić information content (AvgIpc) is 2.72. The summed E-state index contributed by atoms with van der Waals surface area (Å²) in [5.74, 6) is 0.981. The van der Waals surface area contributed by atoms with Gasteiger partial charge in [-0.2, -0.15) is 0 Å². The molecule has 2 aromatic rings. The zero-order valence-corrected chi connectivity index (χ0v) is 11.5. The minimum absolute atomic E-state index is 0.265. The average molecular weight is 252 g/mol. The van der Waals surface area contributed by atoms with Crippen LogP contribution in [0.4, 0.5) is 0 Å². The maximum atomic E-state index is 6.26. The van der Waals surface area contributed by atoms with Gasteiger partial charge in [-0.15, -0.1) is 0 Å². The molecule has 0 aliphatic carbocycles. The highest BCUT2D eigenvalue weighted by molar-refractivity contribution is 6.33. The highest BCUT2D eigenvalue weighted by Gasteiger charge is 2.15. The van der Waals surface area contributed by atoms with E-state index in [9.17, 15) is 0 Å². The Morgan fingerprint density at radius 3 is 2.65 bits per heavy atom. The molecule has 0 saturated heterocycles. The van der Waals surface area contributed by atoms with Crippen LogP contribution in [0.5, 0.6) is 0 Å². The van der Waals surface area contributed by atoms with E-state index in [-0.39, 0.29) is 6.04 Å². The van der Waals surface area contributed by atoms with E-state index in [4.69, 9.17) is 16.0 Å². The second kappa shape index (κ2) is 4.71. The fourth-order valence-electron chi connectivity index (χ4n) is 2.22. The Morgan fingerprint density at radius 1 is 1.35 bits per heavy atom. The molecule has 2 nitrogen and oxygen atoms in total. The Morgan fingerprint density at radius 2 is 2.06 bits per heavy atom. The van der Waals surface area contributed by atoms with Crippen LogP contribution in [-0.2, 0) is 0 Å². The van der Waals surface area contributed by atoms with Gasteiger partial charge in [0, 0.05) is 10.4 Å². The molecule has 0 fully saturated rings. The predicted molar refractivity (Wildman–Crippen MR) is 72.8 cm³/mol. The highest BCUT2D eigenvalue weighted by Crippen LogP contribution is 2.33. The van der Waals surface area contributed by atoms with E-state index in [2.05, 4.69) is 18.3 Å². The van der Waals surface area contributed by atoms with Crippen LogP contribution in [0.2, 0.25) is 5.02 Å². The second-order valence-corrected chi connectivity index (χ2v) is 4.82. The van der Waals surface area contributed by atoms with Crippen molar-refractivity contribution >= 4 is 22.6 Å². The van der Waals surface area contributed by atoms with Crippen molar-refractivity contribution in [1.29, 1.82) is 0 Å². The van der Waals surface area contributed by atoms with Crippen molar-refractivity contribution in [2.75, 3.05) is 7.05 Å². The van der Waals surface area contributed by atoms with Crippen molar-refractivity contribution in [2.45, 2.75) is 33.2 Å². The minimum Gasteiger partial charge on any atom is -0.459 e. The second-order valence-electron chi connectivity index (χ2n) is 4.44. The van der Waals surface area contributed by atoms with Crippen LogP contribution in [0.1, 0.15) is 36.3 Å². The molecule has 0 amide bonds. The largest absolute Gasteiger partial charge is 0.459 e. The number of hydrogen-bond donors (Lipinski definition) is 1. The molecule has 0 aliphatic heterocycles. The maximum absolute atomic E-state index is 6.26. The van der Waals surface area contributed by atoms with Crippen LogP contribution >= 0.6 is 11.6 Å². The molecule has 0 spiro atoms. The molecule has 2 rings (SSSR count). The van der Waals surface area contributed by atoms with Crippen molar-refractivity contribution in [3.63, 3.8) is 0 Å². The van der Waals surface area contributed by atoms with E-state index in [0.717, 1.165) is 39.3 Å². The fraction of sp³-hybridized carbons (Fsp3) is 0.429. The summed E-state index contributed by atoms with van der Waals surface area (Å²) in [6.45, 7) is 6.18. The van der Waals surface area contributed by atoms with Crippen LogP contribution in [0.3, 0.4) is 0 Å². The van der Waals surface area contributed by atoms with E-state index >= 15 is 0 Å². The third-order valence-electron chi connectivity index (χ3n) is 3.31. The Balaban J connectivity index is 2.61. The summed E-state index contributed by atoms with van der Waals surface area (Å²) in [4.78, 5) is 0. The van der Waals surface area contributed by atoms with Crippen molar-refractivity contribution in [2.24, 2.45) is 0 Å². The molecule has 1 heterocycles. The monoisotopic (exact) mass is 251 g/mol. The van der Waals surface area contributed by atoms with Crippen LogP contribution < -0.4 is 5.32 Å². The molecule has 3 heteroatoms. The molecule has 17 heavy (non-hydrogen) atoms. The van der Waals surface area contributed by atoms with E-state index in [1.807, 2.05) is 27.0 Å². The summed E-state index contributed by atoms with van der Waals surface area (Å²) in [5.41, 5.74) is 3.09. The van der Waals surface area contributed by atoms with Gasteiger partial charge in [-0.25, -0.2) is 0 Å². The Labute approximate surface area is 107 Å². The molecule has 1 unspecified atom stereocenters. The number of rotatable bonds is 3. The molecule has 92 valence electrons. The lowest BCUT2D eigenvalue weighted by Gasteiger charge is -2.09. The molecule has 0 aliphatic rings. The van der Waals surface area contributed by atoms with Gasteiger partial charge in [0.1, 0.15) is 11.3 Å². The lowest BCUT2D eigenvalue weighted by atomic mass is 10.1. The zero-order chi connectivity index (χ0) is 12.6. The fourth-order valence-corrected chi connectivity index (χ4v) is 2.37. The molecular formula is C14H18ClNO. The highest BCUT2D eigenvalue weighted by atomic mass is 35.5. The number of aryl methyl sites for hydroxylation is 2. The molecule has 1 aromatic carbocycles. The summed E-state index contributed by atoms with van der Waals surface area (Å²) < 4.78 is 5.91. The molecular weight excluding hydrogens is 234 g/mol. The molecule has 1 aromatic heterocycles. The summed E-state index contributed by atoms with van der Waals surface area (Å²) in [5, 5.41) is 5.20. The van der Waals surface area contributed by atoms with Crippen molar-refractivity contribution < 1.29 is 4.42 Å². The van der Waals surface area contributed by atoms with Gasteiger partial charge in [0.25, 0.3) is 0 Å². The summed E-state index contributed by atoms with van der Waals surface area (Å²) >= 11 is 6.26. The lowest BCUT2D eigenvalue weighted by molar-refractivity contribution is 0.444. The number of hydrogen-bond acceptors (Lipinski definition) is 2. The standard InChI is InChI=1S/C14H18ClNO/c1-5-11(16-4)13-7-10-9(3)14(15)8(2)6-12(10)17-13/h6-7,11,16H,5H2,1-4H3. The van der Waals surface area contributed by atoms with Gasteiger partial charge in [-0.3, -0.25) is 0 Å². The van der Waals surface area contributed by atoms with Crippen LogP contribution in [0.25, 0.3) is 11.0 Å². The molecule has 1 atom stereocenters. The van der Waals surface area contributed by atoms with E-state index < -0.39 is 0 Å². The van der Waals surface area contributed by atoms with Gasteiger partial charge in [0.05, 0.1) is 6.04 Å². The quantitative estimate of drug-likeness (QED) is 0.876. The first-order valence-corrected chi connectivity index (χ1v) is 6.32. The van der Waals surface area contributed by atoms with Crippen LogP contribution in [0.15, 0.2) is 16.5 Å². The molecule has 0 radical (unpaired) electrons. The van der Waals surface area contributed by atoms with Gasteiger partial charge in [-0.05, 0) is 50.6 Å². The number of nitrogens with one attached hydrogen (secondary N) is 1. The Kier molecular flexibility index (Phi) is 3.45. The number of halogens is 1. The van der Waals surface area contributed by atoms with Gasteiger partial charge >= 0.3 is 0 Å². The number of furan rings is 1. The third-order valence-corrected chi connectivity index (χ3v) is 3.89. The molecule has 0 saturated carbocycles. The van der Waals surface area contributed by atoms with Crippen LogP contribution in [-0.4, -0.2) is 7.05 Å². The summed E-state index contributed by atoms with van der Waals surface area (Å²) in [6, 6.07) is 4.37. The SMILES string of the molecule is CCC(NC)c1cc2c(C)c(Cl)c(C)cc2o1. The minimum atomic E-state index is 0.265. The summed E-state index contributed by atoms with van der Waals surface area (Å²) in [7, 11) is 1.95. The normalized spacial score (nSPS) is 13.2. The van der Waals surface area contributed by atoms with E-state index in [1.165, 1.54) is 0 Å². The number of benzene rings is 1. The predicted octanol–water partition coefficient (Wildman–Crippen LogP) is 4.37. The molecule has 1 N–H and O–H groups in total. The smallest absolute Gasteiger partial charge is 0.135 e. The van der Waals surface area contributed by atoms with E-state index in [0.29, 0.717) is 0 Å². The maximum Gasteiger partial charge on any atom is 0.135 e. The Hall–Kier alpha value is -0.990. The van der Waals surface area contributed by atoms with Gasteiger partial charge in [-0.1, -0.05) is 18.5 Å².